The lowest BCUT2D eigenvalue weighted by Gasteiger charge is -2.70. The average molecular weight is 630 g/mol. The summed E-state index contributed by atoms with van der Waals surface area (Å²) < 4.78 is 0. The van der Waals surface area contributed by atoms with E-state index in [-0.39, 0.29) is 32.6 Å². The van der Waals surface area contributed by atoms with Crippen molar-refractivity contribution in [2.45, 2.75) is 111 Å². The largest absolute Gasteiger partial charge is 0.382 e. The standard InChI is InChI=1S/C38H59N7O/c1-34(2)19-23-22(24(20-34)29-30(33(46)43-40-29)45-17-15-44(8)16-18-45)11-13-37(6)26(23)9-10-28-36(5)21-25-31(41-42-32(25)39)35(3,4)27(36)12-14-38(28,37)7/h9,22-24,27-28H,10-21H2,1-8H3,(H3,39,41,42)(H2,40,43,46)/t22-,23?,24+,27?,28?,36-,37+,38+/m0/s1. The molecule has 252 valence electrons. The number of rotatable bonds is 2. The fourth-order valence-corrected chi connectivity index (χ4v) is 13.3. The van der Waals surface area contributed by atoms with E-state index in [1.807, 2.05) is 0 Å². The van der Waals surface area contributed by atoms with Gasteiger partial charge in [-0.1, -0.05) is 60.1 Å². The number of likely N-dealkylation sites (N-methyl/N-ethyl adjacent to an activating group) is 1. The molecule has 1 saturated heterocycles. The molecule has 0 radical (unpaired) electrons. The van der Waals surface area contributed by atoms with Gasteiger partial charge in [-0.15, -0.1) is 0 Å². The van der Waals surface area contributed by atoms with Crippen molar-refractivity contribution in [3.63, 3.8) is 0 Å². The molecule has 3 heterocycles. The lowest BCUT2D eigenvalue weighted by atomic mass is 9.34. The minimum atomic E-state index is 0.0341. The first-order valence-corrected chi connectivity index (χ1v) is 18.4. The lowest BCUT2D eigenvalue weighted by molar-refractivity contribution is -0.153. The Labute approximate surface area is 275 Å². The van der Waals surface area contributed by atoms with Gasteiger partial charge in [0.15, 0.2) is 0 Å². The third kappa shape index (κ3) is 4.00. The molecule has 4 fully saturated rings. The van der Waals surface area contributed by atoms with Gasteiger partial charge in [0, 0.05) is 48.8 Å². The Bertz CT molecular complexity index is 1620. The normalized spacial score (nSPS) is 41.4. The molecule has 8 heteroatoms. The first-order valence-electron chi connectivity index (χ1n) is 18.4. The second-order valence-corrected chi connectivity index (χ2v) is 18.8. The molecule has 8 rings (SSSR count). The van der Waals surface area contributed by atoms with Crippen molar-refractivity contribution in [1.29, 1.82) is 0 Å². The van der Waals surface area contributed by atoms with Crippen molar-refractivity contribution < 1.29 is 0 Å². The number of H-pyrrole nitrogens is 3. The van der Waals surface area contributed by atoms with Crippen molar-refractivity contribution in [3.8, 4) is 0 Å². The molecule has 3 saturated carbocycles. The van der Waals surface area contributed by atoms with Crippen molar-refractivity contribution >= 4 is 11.5 Å². The van der Waals surface area contributed by atoms with Crippen LogP contribution in [0.4, 0.5) is 11.5 Å². The topological polar surface area (TPSA) is 110 Å². The van der Waals surface area contributed by atoms with Gasteiger partial charge in [0.25, 0.3) is 5.56 Å². The van der Waals surface area contributed by atoms with Crippen LogP contribution < -0.4 is 16.2 Å². The van der Waals surface area contributed by atoms with E-state index in [1.165, 1.54) is 55.5 Å². The summed E-state index contributed by atoms with van der Waals surface area (Å²) in [6.07, 6.45) is 12.4. The maximum atomic E-state index is 13.4. The van der Waals surface area contributed by atoms with Gasteiger partial charge in [0.1, 0.15) is 11.5 Å². The molecule has 2 aromatic heterocycles. The van der Waals surface area contributed by atoms with Gasteiger partial charge in [-0.25, -0.2) is 0 Å². The van der Waals surface area contributed by atoms with Crippen LogP contribution in [0.2, 0.25) is 0 Å². The molecule has 0 spiro atoms. The SMILES string of the molecule is CN1CCN(c2c([C@@H]3CC(C)(C)CC4C5=CCC6[C@@]7(C)Cc8c(N)n[nH]c8C(C)(C)C7CC[C@@]6(C)[C@]5(C)CC[C@@H]43)[nH][nH]c2=O)CC1. The predicted molar refractivity (Wildman–Crippen MR) is 186 cm³/mol. The molecule has 5 aliphatic carbocycles. The van der Waals surface area contributed by atoms with Crippen LogP contribution in [-0.2, 0) is 11.8 Å². The lowest BCUT2D eigenvalue weighted by Crippen LogP contribution is -2.63. The van der Waals surface area contributed by atoms with E-state index in [1.54, 1.807) is 5.57 Å². The Kier molecular flexibility index (Phi) is 6.56. The van der Waals surface area contributed by atoms with Crippen molar-refractivity contribution in [1.82, 2.24) is 25.3 Å². The summed E-state index contributed by atoms with van der Waals surface area (Å²) in [7, 11) is 2.18. The van der Waals surface area contributed by atoms with Gasteiger partial charge < -0.3 is 15.5 Å². The Morgan fingerprint density at radius 3 is 2.37 bits per heavy atom. The van der Waals surface area contributed by atoms with E-state index in [4.69, 9.17) is 5.73 Å². The minimum absolute atomic E-state index is 0.0341. The Hall–Kier alpha value is -2.48. The Morgan fingerprint density at radius 1 is 0.913 bits per heavy atom. The number of nitrogen functional groups attached to an aromatic ring is 1. The quantitative estimate of drug-likeness (QED) is 0.280. The minimum Gasteiger partial charge on any atom is -0.382 e. The number of nitrogens with zero attached hydrogens (tertiary/aromatic N) is 3. The van der Waals surface area contributed by atoms with Crippen LogP contribution in [0.3, 0.4) is 0 Å². The zero-order chi connectivity index (χ0) is 32.6. The Morgan fingerprint density at radius 2 is 1.63 bits per heavy atom. The van der Waals surface area contributed by atoms with Gasteiger partial charge in [0.05, 0.1) is 5.69 Å². The third-order valence-electron chi connectivity index (χ3n) is 15.7. The number of hydrogen-bond donors (Lipinski definition) is 4. The van der Waals surface area contributed by atoms with Crippen molar-refractivity contribution in [2.24, 2.45) is 45.3 Å². The van der Waals surface area contributed by atoms with E-state index in [2.05, 4.69) is 91.8 Å². The molecular weight excluding hydrogens is 570 g/mol. The molecule has 3 unspecified atom stereocenters. The molecule has 8 nitrogen and oxygen atoms in total. The van der Waals surface area contributed by atoms with Crippen LogP contribution >= 0.6 is 0 Å². The zero-order valence-electron chi connectivity index (χ0n) is 29.8. The molecule has 5 N–H and O–H groups in total. The molecule has 0 bridgehead atoms. The van der Waals surface area contributed by atoms with Crippen LogP contribution in [0.5, 0.6) is 0 Å². The van der Waals surface area contributed by atoms with E-state index in [9.17, 15) is 4.79 Å². The number of nitrogens with one attached hydrogen (secondary N) is 3. The summed E-state index contributed by atoms with van der Waals surface area (Å²) >= 11 is 0. The second kappa shape index (κ2) is 9.79. The zero-order valence-corrected chi connectivity index (χ0v) is 29.8. The highest BCUT2D eigenvalue weighted by Crippen LogP contribution is 2.74. The number of allylic oxidation sites excluding steroid dienone is 2. The van der Waals surface area contributed by atoms with Gasteiger partial charge in [0.2, 0.25) is 0 Å². The number of aromatic nitrogens is 4. The van der Waals surface area contributed by atoms with E-state index in [0.29, 0.717) is 35.4 Å². The summed E-state index contributed by atoms with van der Waals surface area (Å²) in [5.74, 6) is 3.43. The number of anilines is 2. The molecule has 2 aromatic rings. The maximum absolute atomic E-state index is 13.4. The first-order chi connectivity index (χ1) is 21.6. The van der Waals surface area contributed by atoms with Gasteiger partial charge in [-0.2, -0.15) is 5.10 Å². The van der Waals surface area contributed by atoms with E-state index < -0.39 is 0 Å². The van der Waals surface area contributed by atoms with Gasteiger partial charge in [-0.3, -0.25) is 20.1 Å². The fraction of sp³-hybridized carbons (Fsp3) is 0.789. The third-order valence-corrected chi connectivity index (χ3v) is 15.7. The number of fused-ring (bicyclic) bond motifs is 8. The second-order valence-electron chi connectivity index (χ2n) is 18.8. The average Bonchev–Trinajstić information content (AvgIpc) is 3.55. The molecular formula is C38H59N7O. The van der Waals surface area contributed by atoms with Crippen LogP contribution in [-0.4, -0.2) is 58.5 Å². The molecule has 6 aliphatic rings. The van der Waals surface area contributed by atoms with Crippen LogP contribution in [0, 0.1) is 45.3 Å². The smallest absolute Gasteiger partial charge is 0.287 e. The molecule has 46 heavy (non-hydrogen) atoms. The molecule has 1 aliphatic heterocycles. The van der Waals surface area contributed by atoms with E-state index in [0.717, 1.165) is 44.7 Å². The summed E-state index contributed by atoms with van der Waals surface area (Å²) in [5.41, 5.74) is 13.9. The van der Waals surface area contributed by atoms with E-state index >= 15 is 0 Å². The fourth-order valence-electron chi connectivity index (χ4n) is 13.3. The maximum Gasteiger partial charge on any atom is 0.287 e. The number of aromatic amines is 3. The summed E-state index contributed by atoms with van der Waals surface area (Å²) in [5, 5.41) is 14.4. The highest BCUT2D eigenvalue weighted by molar-refractivity contribution is 5.52. The van der Waals surface area contributed by atoms with Crippen molar-refractivity contribution in [2.75, 3.05) is 43.9 Å². The van der Waals surface area contributed by atoms with Crippen LogP contribution in [0.1, 0.15) is 116 Å². The molecule has 8 atom stereocenters. The number of hydrogen-bond acceptors (Lipinski definition) is 5. The summed E-state index contributed by atoms with van der Waals surface area (Å²) in [4.78, 5) is 18.1. The van der Waals surface area contributed by atoms with Gasteiger partial charge >= 0.3 is 0 Å². The summed E-state index contributed by atoms with van der Waals surface area (Å²) in [6, 6.07) is 0. The molecule has 0 amide bonds. The first kappa shape index (κ1) is 30.8. The predicted octanol–water partition coefficient (Wildman–Crippen LogP) is 6.60. The van der Waals surface area contributed by atoms with Gasteiger partial charge in [-0.05, 0) is 104 Å². The Balaban J connectivity index is 1.17. The number of piperazine rings is 1. The highest BCUT2D eigenvalue weighted by atomic mass is 16.1. The molecule has 0 aromatic carbocycles. The van der Waals surface area contributed by atoms with Crippen molar-refractivity contribution in [3.05, 3.63) is 39.0 Å². The van der Waals surface area contributed by atoms with Crippen LogP contribution in [0.25, 0.3) is 0 Å². The van der Waals surface area contributed by atoms with Crippen LogP contribution in [0.15, 0.2) is 16.4 Å². The monoisotopic (exact) mass is 629 g/mol. The number of nitrogens with two attached hydrogens (primary N) is 1. The highest BCUT2D eigenvalue weighted by Gasteiger charge is 2.67. The summed E-state index contributed by atoms with van der Waals surface area (Å²) in [6.45, 7) is 21.7.